The zero-order valence-electron chi connectivity index (χ0n) is 2.32. The molecule has 16 valence electrons. The van der Waals surface area contributed by atoms with Crippen molar-refractivity contribution in [3.63, 3.8) is 0 Å². The van der Waals surface area contributed by atoms with Crippen molar-refractivity contribution < 1.29 is 54.4 Å². The van der Waals surface area contributed by atoms with Gasteiger partial charge in [-0.1, -0.05) is 0 Å². The Morgan fingerprint density at radius 3 is 0.600 bits per heavy atom. The molecule has 0 aliphatic rings. The quantitative estimate of drug-likeness (QED) is 0.419. The maximum absolute atomic E-state index is 0. The van der Waals surface area contributed by atoms with E-state index in [0.29, 0.717) is 0 Å². The van der Waals surface area contributed by atoms with Gasteiger partial charge in [0.15, 0.2) is 0 Å². The van der Waals surface area contributed by atoms with Crippen molar-refractivity contribution in [3.8, 4) is 0 Å². The van der Waals surface area contributed by atoms with E-state index in [1.54, 1.807) is 0 Å². The summed E-state index contributed by atoms with van der Waals surface area (Å²) in [5, 5.41) is 0. The molecule has 0 N–H and O–H groups in total. The van der Waals surface area contributed by atoms with Gasteiger partial charge < -0.3 is 11.0 Å². The molecular formula is O2SiTi2+8. The molecule has 0 saturated heterocycles. The first-order valence-corrected chi connectivity index (χ1v) is 0. The summed E-state index contributed by atoms with van der Waals surface area (Å²) in [5.74, 6) is 0. The number of hydrogen-bond acceptors (Lipinski definition) is 0. The molecule has 0 bridgehead atoms. The minimum Gasteiger partial charge on any atom is -2.00 e. The van der Waals surface area contributed by atoms with Gasteiger partial charge in [0.2, 0.25) is 0 Å². The van der Waals surface area contributed by atoms with Crippen LogP contribution in [-0.2, 0) is 54.4 Å². The van der Waals surface area contributed by atoms with Gasteiger partial charge in [0.05, 0.1) is 0 Å². The third kappa shape index (κ3) is 28.9. The van der Waals surface area contributed by atoms with Crippen LogP contribution in [0.15, 0.2) is 0 Å². The van der Waals surface area contributed by atoms with Gasteiger partial charge in [-0.15, -0.1) is 0 Å². The molecule has 0 amide bonds. The molecule has 0 unspecified atom stereocenters. The van der Waals surface area contributed by atoms with Crippen LogP contribution in [-0.4, -0.2) is 11.0 Å². The second kappa shape index (κ2) is 47.3. The molecule has 5 heteroatoms. The smallest absolute Gasteiger partial charge is 2.00 e. The molecule has 5 heavy (non-hydrogen) atoms. The van der Waals surface area contributed by atoms with Gasteiger partial charge >= 0.3 is 54.4 Å². The van der Waals surface area contributed by atoms with Crippen molar-refractivity contribution in [2.75, 3.05) is 0 Å². The van der Waals surface area contributed by atoms with Crippen LogP contribution in [0.1, 0.15) is 0 Å². The molecule has 0 aromatic carbocycles. The summed E-state index contributed by atoms with van der Waals surface area (Å²) < 4.78 is 0. The molecule has 2 nitrogen and oxygen atoms in total. The van der Waals surface area contributed by atoms with Crippen LogP contribution in [0.4, 0.5) is 0 Å². The Labute approximate surface area is 65.1 Å². The van der Waals surface area contributed by atoms with Crippen LogP contribution in [0.2, 0.25) is 0 Å². The van der Waals surface area contributed by atoms with Crippen LogP contribution in [0, 0.1) is 0 Å². The fourth-order valence-corrected chi connectivity index (χ4v) is 0. The molecule has 0 radical (unpaired) electrons. The third-order valence-corrected chi connectivity index (χ3v) is 0. The molecule has 0 aromatic rings. The zero-order valence-corrected chi connectivity index (χ0v) is 6.44. The average molecular weight is 156 g/mol. The molecule has 0 aliphatic carbocycles. The summed E-state index contributed by atoms with van der Waals surface area (Å²) in [6.07, 6.45) is 0. The summed E-state index contributed by atoms with van der Waals surface area (Å²) in [7, 11) is 0. The number of rotatable bonds is 0. The fraction of sp³-hybridized carbons (Fsp3) is 0. The Balaban J connectivity index is 0. The summed E-state index contributed by atoms with van der Waals surface area (Å²) in [4.78, 5) is 0. The standard InChI is InChI=1S/2O.Si.2Ti/q2*-2;3*+4. The molecule has 0 aliphatic heterocycles. The first kappa shape index (κ1) is 83.0. The topological polar surface area (TPSA) is 57.0 Å². The molecule has 0 spiro atoms. The van der Waals surface area contributed by atoms with Crippen molar-refractivity contribution in [2.45, 2.75) is 0 Å². The average Bonchev–Trinajstić information content (AvgIpc) is 0. The van der Waals surface area contributed by atoms with E-state index in [0.717, 1.165) is 0 Å². The van der Waals surface area contributed by atoms with Crippen LogP contribution < -0.4 is 0 Å². The Kier molecular flexibility index (Phi) is 786. The van der Waals surface area contributed by atoms with Crippen molar-refractivity contribution in [2.24, 2.45) is 0 Å². The minimum absolute atomic E-state index is 0. The van der Waals surface area contributed by atoms with Crippen molar-refractivity contribution in [3.05, 3.63) is 0 Å². The van der Waals surface area contributed by atoms with E-state index in [1.165, 1.54) is 0 Å². The Hall–Kier alpha value is 1.57. The van der Waals surface area contributed by atoms with Gasteiger partial charge in [0, 0.05) is 0 Å². The molecule has 0 saturated carbocycles. The normalized spacial score (nSPS) is 0. The molecule has 0 rings (SSSR count). The second-order valence-electron chi connectivity index (χ2n) is 0. The summed E-state index contributed by atoms with van der Waals surface area (Å²) in [6.45, 7) is 0. The molecule has 0 fully saturated rings. The van der Waals surface area contributed by atoms with Gasteiger partial charge in [-0.05, 0) is 0 Å². The maximum Gasteiger partial charge on any atom is 4.00 e. The van der Waals surface area contributed by atoms with Gasteiger partial charge in [-0.3, -0.25) is 0 Å². The first-order chi connectivity index (χ1) is 0. The van der Waals surface area contributed by atoms with Crippen LogP contribution >= 0.6 is 0 Å². The Morgan fingerprint density at radius 2 is 0.600 bits per heavy atom. The van der Waals surface area contributed by atoms with E-state index in [9.17, 15) is 0 Å². The minimum atomic E-state index is 0. The predicted molar refractivity (Wildman–Crippen MR) is 7.13 cm³/mol. The monoisotopic (exact) mass is 156 g/mol. The largest absolute Gasteiger partial charge is 4.00 e. The first-order valence-electron chi connectivity index (χ1n) is 0. The van der Waals surface area contributed by atoms with Crippen molar-refractivity contribution in [1.29, 1.82) is 0 Å². The summed E-state index contributed by atoms with van der Waals surface area (Å²) in [5.41, 5.74) is 0. The summed E-state index contributed by atoms with van der Waals surface area (Å²) >= 11 is 0. The van der Waals surface area contributed by atoms with E-state index in [2.05, 4.69) is 0 Å². The molecule has 0 atom stereocenters. The van der Waals surface area contributed by atoms with Crippen LogP contribution in [0.25, 0.3) is 0 Å². The molecular weight excluding hydrogens is 156 g/mol. The fourth-order valence-electron chi connectivity index (χ4n) is 0. The van der Waals surface area contributed by atoms with Crippen LogP contribution in [0.5, 0.6) is 0 Å². The van der Waals surface area contributed by atoms with Crippen molar-refractivity contribution in [1.82, 2.24) is 0 Å². The van der Waals surface area contributed by atoms with E-state index < -0.39 is 0 Å². The Bertz CT molecular complexity index is 7.61. The second-order valence-corrected chi connectivity index (χ2v) is 0. The van der Waals surface area contributed by atoms with E-state index in [-0.39, 0.29) is 65.4 Å². The van der Waals surface area contributed by atoms with E-state index in [4.69, 9.17) is 0 Å². The molecule has 0 aromatic heterocycles. The van der Waals surface area contributed by atoms with E-state index >= 15 is 0 Å². The zero-order chi connectivity index (χ0) is 0. The van der Waals surface area contributed by atoms with Gasteiger partial charge in [0.25, 0.3) is 0 Å². The maximum atomic E-state index is 0. The SMILES string of the molecule is [O-2].[O-2].[Si+4].[Ti+4].[Ti+4]. The van der Waals surface area contributed by atoms with Crippen molar-refractivity contribution >= 4 is 11.0 Å². The van der Waals surface area contributed by atoms with Gasteiger partial charge in [-0.25, -0.2) is 0 Å². The summed E-state index contributed by atoms with van der Waals surface area (Å²) in [6, 6.07) is 0. The van der Waals surface area contributed by atoms with Gasteiger partial charge in [-0.2, -0.15) is 0 Å². The molecule has 0 heterocycles. The number of hydrogen-bond donors (Lipinski definition) is 0. The third-order valence-electron chi connectivity index (χ3n) is 0. The van der Waals surface area contributed by atoms with Crippen LogP contribution in [0.3, 0.4) is 0 Å². The van der Waals surface area contributed by atoms with E-state index in [1.807, 2.05) is 0 Å². The Morgan fingerprint density at radius 1 is 0.600 bits per heavy atom. The predicted octanol–water partition coefficient (Wildman–Crippen LogP) is -0.623. The van der Waals surface area contributed by atoms with Gasteiger partial charge in [0.1, 0.15) is 0 Å².